The van der Waals surface area contributed by atoms with Crippen LogP contribution < -0.4 is 10.5 Å². The van der Waals surface area contributed by atoms with Gasteiger partial charge < -0.3 is 5.73 Å². The lowest BCUT2D eigenvalue weighted by Gasteiger charge is -2.08. The van der Waals surface area contributed by atoms with Gasteiger partial charge in [-0.05, 0) is 52.9 Å². The minimum Gasteiger partial charge on any atom is -0.399 e. The molecule has 0 spiro atoms. The summed E-state index contributed by atoms with van der Waals surface area (Å²) in [7, 11) is -3.42. The average molecular weight is 305 g/mol. The summed E-state index contributed by atoms with van der Waals surface area (Å²) < 4.78 is 26.9. The minimum absolute atomic E-state index is 0.238. The van der Waals surface area contributed by atoms with Crippen molar-refractivity contribution in [2.75, 3.05) is 12.3 Å². The van der Waals surface area contributed by atoms with Crippen LogP contribution in [0.3, 0.4) is 0 Å². The first-order valence-electron chi connectivity index (χ1n) is 5.04. The third-order valence-electron chi connectivity index (χ3n) is 2.50. The highest BCUT2D eigenvalue weighted by atomic mass is 79.9. The fourth-order valence-corrected chi connectivity index (χ4v) is 3.57. The van der Waals surface area contributed by atoms with Gasteiger partial charge in [-0.25, -0.2) is 13.1 Å². The number of hydrogen-bond acceptors (Lipinski definition) is 3. The highest BCUT2D eigenvalue weighted by Gasteiger charge is 2.25. The van der Waals surface area contributed by atoms with Crippen molar-refractivity contribution in [3.05, 3.63) is 22.7 Å². The molecule has 0 atom stereocenters. The Morgan fingerprint density at radius 2 is 2.12 bits per heavy atom. The maximum absolute atomic E-state index is 11.9. The Balaban J connectivity index is 2.20. The van der Waals surface area contributed by atoms with Crippen LogP contribution in [0.2, 0.25) is 0 Å². The van der Waals surface area contributed by atoms with Gasteiger partial charge in [0, 0.05) is 16.7 Å². The number of benzene rings is 1. The standard InChI is InChI=1S/C10H13BrN2O2S/c11-9-5-8(12)3-4-10(9)16(14,15)13-6-7-1-2-7/h3-5,7,13H,1-2,6,12H2. The summed E-state index contributed by atoms with van der Waals surface area (Å²) in [6, 6.07) is 4.68. The van der Waals surface area contributed by atoms with Crippen LogP contribution >= 0.6 is 15.9 Å². The largest absolute Gasteiger partial charge is 0.399 e. The predicted molar refractivity (Wildman–Crippen MR) is 66.5 cm³/mol. The Labute approximate surface area is 103 Å². The zero-order valence-corrected chi connectivity index (χ0v) is 11.0. The third-order valence-corrected chi connectivity index (χ3v) is 4.90. The van der Waals surface area contributed by atoms with Crippen molar-refractivity contribution in [2.24, 2.45) is 5.92 Å². The number of hydrogen-bond donors (Lipinski definition) is 2. The number of nitrogens with two attached hydrogens (primary N) is 1. The summed E-state index contributed by atoms with van der Waals surface area (Å²) in [5, 5.41) is 0. The van der Waals surface area contributed by atoms with Crippen LogP contribution in [0.4, 0.5) is 5.69 Å². The van der Waals surface area contributed by atoms with E-state index in [1.54, 1.807) is 12.1 Å². The van der Waals surface area contributed by atoms with E-state index in [0.29, 0.717) is 22.6 Å². The maximum Gasteiger partial charge on any atom is 0.241 e. The van der Waals surface area contributed by atoms with Gasteiger partial charge in [-0.15, -0.1) is 0 Å². The minimum atomic E-state index is -3.42. The number of nitrogen functional groups attached to an aromatic ring is 1. The molecule has 1 aromatic carbocycles. The first-order chi connectivity index (χ1) is 7.49. The van der Waals surface area contributed by atoms with Gasteiger partial charge in [-0.2, -0.15) is 0 Å². The molecule has 0 radical (unpaired) electrons. The van der Waals surface area contributed by atoms with Crippen LogP contribution in [0, 0.1) is 5.92 Å². The first-order valence-corrected chi connectivity index (χ1v) is 7.31. The van der Waals surface area contributed by atoms with E-state index in [1.165, 1.54) is 6.07 Å². The number of rotatable bonds is 4. The second-order valence-corrected chi connectivity index (χ2v) is 6.57. The van der Waals surface area contributed by atoms with Crippen LogP contribution in [-0.4, -0.2) is 15.0 Å². The van der Waals surface area contributed by atoms with Crippen molar-refractivity contribution in [3.8, 4) is 0 Å². The van der Waals surface area contributed by atoms with Gasteiger partial charge in [0.1, 0.15) is 0 Å². The van der Waals surface area contributed by atoms with E-state index in [1.807, 2.05) is 0 Å². The normalized spacial score (nSPS) is 16.3. The van der Waals surface area contributed by atoms with Gasteiger partial charge in [-0.1, -0.05) is 0 Å². The molecule has 16 heavy (non-hydrogen) atoms. The highest BCUT2D eigenvalue weighted by molar-refractivity contribution is 9.10. The lowest BCUT2D eigenvalue weighted by Crippen LogP contribution is -2.26. The quantitative estimate of drug-likeness (QED) is 0.832. The fraction of sp³-hybridized carbons (Fsp3) is 0.400. The van der Waals surface area contributed by atoms with Gasteiger partial charge in [-0.3, -0.25) is 0 Å². The molecule has 0 unspecified atom stereocenters. The molecule has 0 amide bonds. The molecule has 2 rings (SSSR count). The molecule has 0 aromatic heterocycles. The molecule has 1 aliphatic rings. The van der Waals surface area contributed by atoms with E-state index in [0.717, 1.165) is 12.8 Å². The van der Waals surface area contributed by atoms with Crippen molar-refractivity contribution in [3.63, 3.8) is 0 Å². The zero-order chi connectivity index (χ0) is 11.8. The molecule has 0 bridgehead atoms. The summed E-state index contributed by atoms with van der Waals surface area (Å²) in [5.74, 6) is 0.516. The SMILES string of the molecule is Nc1ccc(S(=O)(=O)NCC2CC2)c(Br)c1. The molecule has 88 valence electrons. The molecule has 1 saturated carbocycles. The summed E-state index contributed by atoms with van der Waals surface area (Å²) in [5.41, 5.74) is 6.09. The number of anilines is 1. The second kappa shape index (κ2) is 4.35. The van der Waals surface area contributed by atoms with Crippen molar-refractivity contribution < 1.29 is 8.42 Å². The van der Waals surface area contributed by atoms with E-state index in [4.69, 9.17) is 5.73 Å². The predicted octanol–water partition coefficient (Wildman–Crippen LogP) is 1.72. The van der Waals surface area contributed by atoms with Crippen molar-refractivity contribution in [1.29, 1.82) is 0 Å². The van der Waals surface area contributed by atoms with E-state index < -0.39 is 10.0 Å². The monoisotopic (exact) mass is 304 g/mol. The van der Waals surface area contributed by atoms with E-state index in [2.05, 4.69) is 20.7 Å². The molecule has 1 aliphatic carbocycles. The van der Waals surface area contributed by atoms with Gasteiger partial charge >= 0.3 is 0 Å². The molecule has 0 aliphatic heterocycles. The first kappa shape index (κ1) is 11.9. The molecule has 3 N–H and O–H groups in total. The summed E-state index contributed by atoms with van der Waals surface area (Å²) in [6.07, 6.45) is 2.23. The zero-order valence-electron chi connectivity index (χ0n) is 8.61. The Kier molecular flexibility index (Phi) is 3.23. The number of sulfonamides is 1. The van der Waals surface area contributed by atoms with Gasteiger partial charge in [0.25, 0.3) is 0 Å². The van der Waals surface area contributed by atoms with Crippen molar-refractivity contribution in [2.45, 2.75) is 17.7 Å². The van der Waals surface area contributed by atoms with Crippen LogP contribution in [0.25, 0.3) is 0 Å². The Morgan fingerprint density at radius 3 is 2.69 bits per heavy atom. The summed E-state index contributed by atoms with van der Waals surface area (Å²) in [6.45, 7) is 0.527. The Morgan fingerprint density at radius 1 is 1.44 bits per heavy atom. The average Bonchev–Trinajstić information content (AvgIpc) is 2.97. The molecule has 1 aromatic rings. The number of nitrogens with one attached hydrogen (secondary N) is 1. The smallest absolute Gasteiger partial charge is 0.241 e. The molecule has 6 heteroatoms. The van der Waals surface area contributed by atoms with E-state index in [-0.39, 0.29) is 4.90 Å². The topological polar surface area (TPSA) is 72.2 Å². The highest BCUT2D eigenvalue weighted by Crippen LogP contribution is 2.29. The van der Waals surface area contributed by atoms with Gasteiger partial charge in [0.15, 0.2) is 0 Å². The fourth-order valence-electron chi connectivity index (χ4n) is 1.36. The second-order valence-electron chi connectivity index (χ2n) is 3.99. The Bertz CT molecular complexity index is 498. The molecular weight excluding hydrogens is 292 g/mol. The molecule has 0 saturated heterocycles. The molecule has 0 heterocycles. The molecule has 1 fully saturated rings. The van der Waals surface area contributed by atoms with Crippen LogP contribution in [0.15, 0.2) is 27.6 Å². The number of halogens is 1. The summed E-state index contributed by atoms with van der Waals surface area (Å²) in [4.78, 5) is 0.238. The van der Waals surface area contributed by atoms with Crippen LogP contribution in [-0.2, 0) is 10.0 Å². The van der Waals surface area contributed by atoms with Crippen LogP contribution in [0.1, 0.15) is 12.8 Å². The van der Waals surface area contributed by atoms with Crippen LogP contribution in [0.5, 0.6) is 0 Å². The van der Waals surface area contributed by atoms with E-state index >= 15 is 0 Å². The summed E-state index contributed by atoms with van der Waals surface area (Å²) >= 11 is 3.21. The molecular formula is C10H13BrN2O2S. The lowest BCUT2D eigenvalue weighted by atomic mass is 10.3. The van der Waals surface area contributed by atoms with Crippen molar-refractivity contribution in [1.82, 2.24) is 4.72 Å². The Hall–Kier alpha value is -0.590. The van der Waals surface area contributed by atoms with Gasteiger partial charge in [0.05, 0.1) is 4.90 Å². The maximum atomic E-state index is 11.9. The molecule has 4 nitrogen and oxygen atoms in total. The van der Waals surface area contributed by atoms with Gasteiger partial charge in [0.2, 0.25) is 10.0 Å². The van der Waals surface area contributed by atoms with E-state index in [9.17, 15) is 8.42 Å². The third kappa shape index (κ3) is 2.75. The van der Waals surface area contributed by atoms with Crippen molar-refractivity contribution >= 4 is 31.6 Å². The lowest BCUT2D eigenvalue weighted by molar-refractivity contribution is 0.577.